The highest BCUT2D eigenvalue weighted by atomic mass is 35.5. The molecule has 2 aliphatic rings. The van der Waals surface area contributed by atoms with E-state index in [0.717, 1.165) is 34.7 Å². The number of hydrogen-bond donors (Lipinski definition) is 1. The smallest absolute Gasteiger partial charge is 0.144 e. The highest BCUT2D eigenvalue weighted by Crippen LogP contribution is 2.40. The van der Waals surface area contributed by atoms with Gasteiger partial charge in [0, 0.05) is 11.1 Å². The summed E-state index contributed by atoms with van der Waals surface area (Å²) in [6.45, 7) is 4.64. The summed E-state index contributed by atoms with van der Waals surface area (Å²) in [5.74, 6) is 2.49. The van der Waals surface area contributed by atoms with Gasteiger partial charge < -0.3 is 10.1 Å². The first kappa shape index (κ1) is 12.2. The Hall–Kier alpha value is -0.890. The van der Waals surface area contributed by atoms with E-state index in [0.29, 0.717) is 12.1 Å². The van der Waals surface area contributed by atoms with Crippen molar-refractivity contribution in [1.82, 2.24) is 0 Å². The van der Waals surface area contributed by atoms with Crippen molar-refractivity contribution in [3.05, 3.63) is 23.2 Å². The SMILES string of the molecule is CC(C)C1CCC2Oc3cc(Cl)ccc3NC2C1. The van der Waals surface area contributed by atoms with Gasteiger partial charge in [-0.3, -0.25) is 0 Å². The topological polar surface area (TPSA) is 21.3 Å². The molecule has 0 bridgehead atoms. The predicted molar refractivity (Wildman–Crippen MR) is 75.5 cm³/mol. The molecule has 0 radical (unpaired) electrons. The maximum Gasteiger partial charge on any atom is 0.144 e. The predicted octanol–water partition coefficient (Wildman–Crippen LogP) is 4.34. The molecule has 0 aromatic heterocycles. The van der Waals surface area contributed by atoms with Gasteiger partial charge >= 0.3 is 0 Å². The quantitative estimate of drug-likeness (QED) is 0.816. The largest absolute Gasteiger partial charge is 0.486 e. The Bertz CT molecular complexity index is 446. The van der Waals surface area contributed by atoms with E-state index < -0.39 is 0 Å². The van der Waals surface area contributed by atoms with E-state index in [-0.39, 0.29) is 0 Å². The maximum absolute atomic E-state index is 6.10. The third-order valence-electron chi connectivity index (χ3n) is 4.33. The highest BCUT2D eigenvalue weighted by molar-refractivity contribution is 6.30. The van der Waals surface area contributed by atoms with E-state index in [2.05, 4.69) is 19.2 Å². The summed E-state index contributed by atoms with van der Waals surface area (Å²) in [5, 5.41) is 4.37. The Morgan fingerprint density at radius 3 is 2.94 bits per heavy atom. The van der Waals surface area contributed by atoms with Gasteiger partial charge in [0.25, 0.3) is 0 Å². The van der Waals surface area contributed by atoms with Crippen LogP contribution in [0.4, 0.5) is 5.69 Å². The van der Waals surface area contributed by atoms with Crippen molar-refractivity contribution >= 4 is 17.3 Å². The molecule has 98 valence electrons. The van der Waals surface area contributed by atoms with Crippen LogP contribution in [0, 0.1) is 11.8 Å². The third kappa shape index (κ3) is 2.18. The molecule has 1 N–H and O–H groups in total. The van der Waals surface area contributed by atoms with Gasteiger partial charge in [0.15, 0.2) is 0 Å². The number of anilines is 1. The number of hydrogen-bond acceptors (Lipinski definition) is 2. The van der Waals surface area contributed by atoms with Crippen molar-refractivity contribution in [1.29, 1.82) is 0 Å². The summed E-state index contributed by atoms with van der Waals surface area (Å²) in [6.07, 6.45) is 3.94. The van der Waals surface area contributed by atoms with E-state index in [9.17, 15) is 0 Å². The third-order valence-corrected chi connectivity index (χ3v) is 4.57. The molecule has 2 nitrogen and oxygen atoms in total. The molecule has 1 aliphatic carbocycles. The number of halogens is 1. The fourth-order valence-electron chi connectivity index (χ4n) is 3.15. The van der Waals surface area contributed by atoms with Crippen LogP contribution in [-0.2, 0) is 0 Å². The monoisotopic (exact) mass is 265 g/mol. The van der Waals surface area contributed by atoms with Gasteiger partial charge in [0.2, 0.25) is 0 Å². The summed E-state index contributed by atoms with van der Waals surface area (Å²) < 4.78 is 6.10. The molecule has 3 rings (SSSR count). The van der Waals surface area contributed by atoms with Crippen molar-refractivity contribution in [2.45, 2.75) is 45.3 Å². The molecule has 0 amide bonds. The minimum Gasteiger partial charge on any atom is -0.486 e. The van der Waals surface area contributed by atoms with Crippen LogP contribution in [0.1, 0.15) is 33.1 Å². The standard InChI is InChI=1S/C15H20ClNO/c1-9(2)10-3-6-14-13(7-10)17-12-5-4-11(16)8-15(12)18-14/h4-5,8-10,13-14,17H,3,6-7H2,1-2H3. The lowest BCUT2D eigenvalue weighted by atomic mass is 9.77. The Labute approximate surface area is 114 Å². The van der Waals surface area contributed by atoms with Crippen molar-refractivity contribution in [3.63, 3.8) is 0 Å². The van der Waals surface area contributed by atoms with Gasteiger partial charge in [-0.1, -0.05) is 25.4 Å². The number of fused-ring (bicyclic) bond motifs is 2. The van der Waals surface area contributed by atoms with Gasteiger partial charge in [0.1, 0.15) is 11.9 Å². The molecule has 1 aliphatic heterocycles. The molecule has 1 heterocycles. The summed E-state index contributed by atoms with van der Waals surface area (Å²) >= 11 is 6.01. The number of nitrogens with one attached hydrogen (secondary N) is 1. The molecule has 3 unspecified atom stereocenters. The van der Waals surface area contributed by atoms with E-state index in [1.54, 1.807) is 0 Å². The zero-order chi connectivity index (χ0) is 12.7. The van der Waals surface area contributed by atoms with E-state index >= 15 is 0 Å². The lowest BCUT2D eigenvalue weighted by molar-refractivity contribution is 0.0948. The van der Waals surface area contributed by atoms with E-state index in [1.807, 2.05) is 18.2 Å². The molecule has 3 heteroatoms. The molecule has 3 atom stereocenters. The van der Waals surface area contributed by atoms with Gasteiger partial charge in [-0.2, -0.15) is 0 Å². The molecule has 18 heavy (non-hydrogen) atoms. The van der Waals surface area contributed by atoms with Crippen LogP contribution in [0.15, 0.2) is 18.2 Å². The van der Waals surface area contributed by atoms with Crippen LogP contribution in [0.5, 0.6) is 5.75 Å². The Balaban J connectivity index is 1.80. The fourth-order valence-corrected chi connectivity index (χ4v) is 3.31. The lowest BCUT2D eigenvalue weighted by Crippen LogP contribution is -2.46. The maximum atomic E-state index is 6.10. The molecule has 0 spiro atoms. The van der Waals surface area contributed by atoms with Crippen LogP contribution in [0.2, 0.25) is 5.02 Å². The second-order valence-corrected chi connectivity index (χ2v) is 6.30. The highest BCUT2D eigenvalue weighted by Gasteiger charge is 2.36. The fraction of sp³-hybridized carbons (Fsp3) is 0.600. The average molecular weight is 266 g/mol. The normalized spacial score (nSPS) is 30.1. The zero-order valence-corrected chi connectivity index (χ0v) is 11.7. The van der Waals surface area contributed by atoms with Gasteiger partial charge in [-0.15, -0.1) is 0 Å². The second kappa shape index (κ2) is 4.65. The number of ether oxygens (including phenoxy) is 1. The Kier molecular flexibility index (Phi) is 3.14. The molecule has 1 saturated carbocycles. The number of rotatable bonds is 1. The van der Waals surface area contributed by atoms with Crippen LogP contribution < -0.4 is 10.1 Å². The minimum absolute atomic E-state index is 0.311. The molecule has 0 saturated heterocycles. The van der Waals surface area contributed by atoms with Crippen molar-refractivity contribution in [2.75, 3.05) is 5.32 Å². The summed E-state index contributed by atoms with van der Waals surface area (Å²) in [7, 11) is 0. The van der Waals surface area contributed by atoms with Crippen LogP contribution in [0.3, 0.4) is 0 Å². The Morgan fingerprint density at radius 2 is 2.17 bits per heavy atom. The van der Waals surface area contributed by atoms with Crippen molar-refractivity contribution < 1.29 is 4.74 Å². The summed E-state index contributed by atoms with van der Waals surface area (Å²) in [4.78, 5) is 0. The Morgan fingerprint density at radius 1 is 1.33 bits per heavy atom. The number of benzene rings is 1. The van der Waals surface area contributed by atoms with Gasteiger partial charge in [0.05, 0.1) is 11.7 Å². The molecule has 1 aromatic rings. The van der Waals surface area contributed by atoms with Crippen LogP contribution in [0.25, 0.3) is 0 Å². The first-order valence-corrected chi connectivity index (χ1v) is 7.24. The summed E-state index contributed by atoms with van der Waals surface area (Å²) in [5.41, 5.74) is 1.09. The van der Waals surface area contributed by atoms with Crippen molar-refractivity contribution in [2.24, 2.45) is 11.8 Å². The first-order valence-electron chi connectivity index (χ1n) is 6.86. The van der Waals surface area contributed by atoms with Gasteiger partial charge in [-0.25, -0.2) is 0 Å². The van der Waals surface area contributed by atoms with Crippen LogP contribution in [-0.4, -0.2) is 12.1 Å². The lowest BCUT2D eigenvalue weighted by Gasteiger charge is -2.42. The molecular formula is C15H20ClNO. The molecular weight excluding hydrogens is 246 g/mol. The average Bonchev–Trinajstić information content (AvgIpc) is 2.35. The first-order chi connectivity index (χ1) is 8.63. The van der Waals surface area contributed by atoms with Gasteiger partial charge in [-0.05, 0) is 43.2 Å². The summed E-state index contributed by atoms with van der Waals surface area (Å²) in [6, 6.07) is 6.31. The molecule has 1 fully saturated rings. The van der Waals surface area contributed by atoms with E-state index in [4.69, 9.17) is 16.3 Å². The molecule has 1 aromatic carbocycles. The van der Waals surface area contributed by atoms with Crippen LogP contribution >= 0.6 is 11.6 Å². The van der Waals surface area contributed by atoms with Crippen molar-refractivity contribution in [3.8, 4) is 5.75 Å². The minimum atomic E-state index is 0.311. The van der Waals surface area contributed by atoms with E-state index in [1.165, 1.54) is 12.8 Å². The zero-order valence-electron chi connectivity index (χ0n) is 10.9. The second-order valence-electron chi connectivity index (χ2n) is 5.86.